The predicted molar refractivity (Wildman–Crippen MR) is 80.6 cm³/mol. The van der Waals surface area contributed by atoms with Crippen molar-refractivity contribution in [2.24, 2.45) is 0 Å². The van der Waals surface area contributed by atoms with Crippen molar-refractivity contribution in [3.05, 3.63) is 69.7 Å². The van der Waals surface area contributed by atoms with Gasteiger partial charge in [-0.2, -0.15) is 0 Å². The van der Waals surface area contributed by atoms with Gasteiger partial charge in [0.25, 0.3) is 0 Å². The smallest absolute Gasteiger partial charge is 0.159 e. The summed E-state index contributed by atoms with van der Waals surface area (Å²) >= 11 is 3.45. The molecule has 0 aliphatic rings. The molecule has 0 spiro atoms. The highest BCUT2D eigenvalue weighted by molar-refractivity contribution is 9.10. The van der Waals surface area contributed by atoms with E-state index in [2.05, 4.69) is 21.2 Å². The van der Waals surface area contributed by atoms with Gasteiger partial charge in [-0.3, -0.25) is 0 Å². The summed E-state index contributed by atoms with van der Waals surface area (Å²) in [5.41, 5.74) is 1.89. The molecule has 0 heterocycles. The highest BCUT2D eigenvalue weighted by Crippen LogP contribution is 2.22. The van der Waals surface area contributed by atoms with E-state index >= 15 is 0 Å². The second kappa shape index (κ2) is 6.95. The molecule has 1 N–H and O–H groups in total. The normalized spacial score (nSPS) is 12.4. The minimum Gasteiger partial charge on any atom is -0.310 e. The molecule has 0 amide bonds. The van der Waals surface area contributed by atoms with Crippen LogP contribution in [-0.4, -0.2) is 6.54 Å². The molecular weight excluding hydrogens is 324 g/mol. The van der Waals surface area contributed by atoms with Gasteiger partial charge in [-0.1, -0.05) is 41.1 Å². The van der Waals surface area contributed by atoms with E-state index in [4.69, 9.17) is 0 Å². The maximum absolute atomic E-state index is 13.3. The topological polar surface area (TPSA) is 12.0 Å². The minimum atomic E-state index is -0.809. The summed E-state index contributed by atoms with van der Waals surface area (Å²) in [6, 6.07) is 12.1. The van der Waals surface area contributed by atoms with Crippen LogP contribution in [0.15, 0.2) is 46.9 Å². The Morgan fingerprint density at radius 2 is 1.90 bits per heavy atom. The number of hydrogen-bond acceptors (Lipinski definition) is 1. The molecule has 0 aliphatic carbocycles. The highest BCUT2D eigenvalue weighted by Gasteiger charge is 2.13. The Balaban J connectivity index is 2.22. The molecule has 2 aromatic rings. The fraction of sp³-hybridized carbons (Fsp3) is 0.250. The molecule has 2 aromatic carbocycles. The molecule has 0 saturated heterocycles. The van der Waals surface area contributed by atoms with Gasteiger partial charge in [0.05, 0.1) is 0 Å². The van der Waals surface area contributed by atoms with Crippen LogP contribution in [0.1, 0.15) is 24.1 Å². The second-order valence-electron chi connectivity index (χ2n) is 4.62. The van der Waals surface area contributed by atoms with Crippen LogP contribution >= 0.6 is 15.9 Å². The van der Waals surface area contributed by atoms with Crippen LogP contribution in [0.2, 0.25) is 0 Å². The summed E-state index contributed by atoms with van der Waals surface area (Å²) in [7, 11) is 0. The van der Waals surface area contributed by atoms with E-state index in [0.29, 0.717) is 6.42 Å². The van der Waals surface area contributed by atoms with Crippen LogP contribution < -0.4 is 5.32 Å². The Bertz CT molecular complexity index is 586. The van der Waals surface area contributed by atoms with Crippen molar-refractivity contribution in [3.63, 3.8) is 0 Å². The molecule has 4 heteroatoms. The van der Waals surface area contributed by atoms with Gasteiger partial charge in [0.1, 0.15) is 0 Å². The summed E-state index contributed by atoms with van der Waals surface area (Å²) in [5, 5.41) is 3.37. The minimum absolute atomic E-state index is 0.0716. The molecular formula is C16H16BrF2N. The number of likely N-dealkylation sites (N-methyl/N-ethyl adjacent to an activating group) is 1. The zero-order valence-electron chi connectivity index (χ0n) is 11.2. The number of nitrogens with one attached hydrogen (secondary N) is 1. The van der Waals surface area contributed by atoms with E-state index in [1.54, 1.807) is 6.07 Å². The van der Waals surface area contributed by atoms with Gasteiger partial charge in [0.15, 0.2) is 11.6 Å². The van der Waals surface area contributed by atoms with Crippen LogP contribution in [0, 0.1) is 11.6 Å². The first-order valence-electron chi connectivity index (χ1n) is 6.53. The molecule has 20 heavy (non-hydrogen) atoms. The molecule has 0 saturated carbocycles. The van der Waals surface area contributed by atoms with Crippen LogP contribution in [0.5, 0.6) is 0 Å². The van der Waals surface area contributed by atoms with Crippen LogP contribution in [-0.2, 0) is 6.42 Å². The fourth-order valence-electron chi connectivity index (χ4n) is 2.18. The summed E-state index contributed by atoms with van der Waals surface area (Å²) in [4.78, 5) is 0. The van der Waals surface area contributed by atoms with Gasteiger partial charge >= 0.3 is 0 Å². The molecule has 1 nitrogen and oxygen atoms in total. The Labute approximate surface area is 126 Å². The van der Waals surface area contributed by atoms with Crippen LogP contribution in [0.4, 0.5) is 8.78 Å². The van der Waals surface area contributed by atoms with Crippen molar-refractivity contribution in [2.45, 2.75) is 19.4 Å². The van der Waals surface area contributed by atoms with E-state index in [1.165, 1.54) is 12.1 Å². The van der Waals surface area contributed by atoms with E-state index < -0.39 is 11.6 Å². The first kappa shape index (κ1) is 15.1. The van der Waals surface area contributed by atoms with E-state index in [1.807, 2.05) is 31.2 Å². The Hall–Kier alpha value is -1.26. The van der Waals surface area contributed by atoms with Crippen LogP contribution in [0.25, 0.3) is 0 Å². The first-order chi connectivity index (χ1) is 9.60. The number of halogens is 3. The monoisotopic (exact) mass is 339 g/mol. The lowest BCUT2D eigenvalue weighted by Crippen LogP contribution is -2.23. The molecule has 1 atom stereocenters. The van der Waals surface area contributed by atoms with Crippen molar-refractivity contribution >= 4 is 15.9 Å². The lowest BCUT2D eigenvalue weighted by Gasteiger charge is -2.19. The quantitative estimate of drug-likeness (QED) is 0.837. The van der Waals surface area contributed by atoms with E-state index in [0.717, 1.165) is 22.1 Å². The van der Waals surface area contributed by atoms with E-state index in [9.17, 15) is 8.78 Å². The fourth-order valence-corrected chi connectivity index (χ4v) is 2.60. The predicted octanol–water partition coefficient (Wildman–Crippen LogP) is 4.62. The standard InChI is InChI=1S/C16H16BrF2N/c1-2-20-16(12-4-3-5-13(17)10-12)9-11-6-7-14(18)15(19)8-11/h3-8,10,16,20H,2,9H2,1H3. The molecule has 1 unspecified atom stereocenters. The zero-order chi connectivity index (χ0) is 14.5. The Morgan fingerprint density at radius 1 is 1.10 bits per heavy atom. The van der Waals surface area contributed by atoms with Crippen molar-refractivity contribution in [3.8, 4) is 0 Å². The molecule has 0 bridgehead atoms. The van der Waals surface area contributed by atoms with Gasteiger partial charge in [0, 0.05) is 10.5 Å². The molecule has 0 fully saturated rings. The maximum atomic E-state index is 13.3. The third-order valence-corrected chi connectivity index (χ3v) is 3.62. The number of benzene rings is 2. The average molecular weight is 340 g/mol. The van der Waals surface area contributed by atoms with Gasteiger partial charge in [-0.05, 0) is 48.4 Å². The number of rotatable bonds is 5. The SMILES string of the molecule is CCNC(Cc1ccc(F)c(F)c1)c1cccc(Br)c1. The molecule has 2 rings (SSSR count). The van der Waals surface area contributed by atoms with Crippen molar-refractivity contribution in [2.75, 3.05) is 6.54 Å². The van der Waals surface area contributed by atoms with Gasteiger partial charge in [0.2, 0.25) is 0 Å². The lowest BCUT2D eigenvalue weighted by atomic mass is 9.98. The summed E-state index contributed by atoms with van der Waals surface area (Å²) in [6.45, 7) is 2.83. The molecule has 0 aliphatic heterocycles. The molecule has 106 valence electrons. The largest absolute Gasteiger partial charge is 0.310 e. The van der Waals surface area contributed by atoms with Crippen molar-refractivity contribution in [1.29, 1.82) is 0 Å². The first-order valence-corrected chi connectivity index (χ1v) is 7.32. The zero-order valence-corrected chi connectivity index (χ0v) is 12.8. The highest BCUT2D eigenvalue weighted by atomic mass is 79.9. The average Bonchev–Trinajstić information content (AvgIpc) is 2.42. The Kier molecular flexibility index (Phi) is 5.26. The third-order valence-electron chi connectivity index (χ3n) is 3.13. The maximum Gasteiger partial charge on any atom is 0.159 e. The van der Waals surface area contributed by atoms with Gasteiger partial charge in [-0.15, -0.1) is 0 Å². The van der Waals surface area contributed by atoms with Gasteiger partial charge in [-0.25, -0.2) is 8.78 Å². The van der Waals surface area contributed by atoms with E-state index in [-0.39, 0.29) is 6.04 Å². The lowest BCUT2D eigenvalue weighted by molar-refractivity contribution is 0.502. The summed E-state index contributed by atoms with van der Waals surface area (Å²) < 4.78 is 27.2. The molecule has 0 radical (unpaired) electrons. The Morgan fingerprint density at radius 3 is 2.55 bits per heavy atom. The second-order valence-corrected chi connectivity index (χ2v) is 5.53. The summed E-state index contributed by atoms with van der Waals surface area (Å²) in [6.07, 6.45) is 0.613. The molecule has 0 aromatic heterocycles. The van der Waals surface area contributed by atoms with Crippen molar-refractivity contribution in [1.82, 2.24) is 5.32 Å². The van der Waals surface area contributed by atoms with Crippen molar-refractivity contribution < 1.29 is 8.78 Å². The summed E-state index contributed by atoms with van der Waals surface area (Å²) in [5.74, 6) is -1.61. The number of hydrogen-bond donors (Lipinski definition) is 1. The van der Waals surface area contributed by atoms with Gasteiger partial charge < -0.3 is 5.32 Å². The van der Waals surface area contributed by atoms with Crippen LogP contribution in [0.3, 0.4) is 0 Å². The third kappa shape index (κ3) is 3.87.